The summed E-state index contributed by atoms with van der Waals surface area (Å²) in [5.74, 6) is -0.820. The van der Waals surface area contributed by atoms with Crippen LogP contribution >= 0.6 is 22.7 Å². The van der Waals surface area contributed by atoms with Crippen LogP contribution in [0.5, 0.6) is 0 Å². The predicted molar refractivity (Wildman–Crippen MR) is 114 cm³/mol. The highest BCUT2D eigenvalue weighted by atomic mass is 32.1. The van der Waals surface area contributed by atoms with Crippen LogP contribution < -0.4 is 10.9 Å². The second kappa shape index (κ2) is 7.41. The number of carbonyl (C=O) groups is 2. The molecule has 0 aliphatic heterocycles. The maximum atomic E-state index is 12.7. The summed E-state index contributed by atoms with van der Waals surface area (Å²) in [5, 5.41) is 3.14. The minimum absolute atomic E-state index is 0.132. The van der Waals surface area contributed by atoms with E-state index in [0.29, 0.717) is 21.2 Å². The summed E-state index contributed by atoms with van der Waals surface area (Å²) in [6.07, 6.45) is 0. The first-order valence-electron chi connectivity index (χ1n) is 8.80. The zero-order valence-electron chi connectivity index (χ0n) is 15.9. The normalized spacial score (nSPS) is 11.1. The number of carbonyl (C=O) groups excluding carboxylic acids is 2. The number of esters is 1. The minimum atomic E-state index is -0.561. The molecule has 3 aromatic heterocycles. The van der Waals surface area contributed by atoms with Gasteiger partial charge in [0.2, 0.25) is 5.91 Å². The summed E-state index contributed by atoms with van der Waals surface area (Å²) in [5.41, 5.74) is 2.05. The maximum Gasteiger partial charge on any atom is 0.341 e. The molecule has 0 unspecified atom stereocenters. The lowest BCUT2D eigenvalue weighted by molar-refractivity contribution is -0.114. The Bertz CT molecular complexity index is 1330. The molecule has 4 rings (SSSR count). The molecule has 0 atom stereocenters. The van der Waals surface area contributed by atoms with E-state index in [9.17, 15) is 14.4 Å². The molecule has 7 nitrogen and oxygen atoms in total. The smallest absolute Gasteiger partial charge is 0.341 e. The number of thiazole rings is 1. The second-order valence-corrected chi connectivity index (χ2v) is 8.75. The number of aromatic nitrogens is 2. The van der Waals surface area contributed by atoms with Crippen LogP contribution in [0.25, 0.3) is 15.2 Å². The highest BCUT2D eigenvalue weighted by Gasteiger charge is 2.22. The number of benzene rings is 1. The summed E-state index contributed by atoms with van der Waals surface area (Å²) in [4.78, 5) is 42.6. The van der Waals surface area contributed by atoms with Crippen molar-refractivity contribution >= 4 is 54.7 Å². The molecule has 0 saturated carbocycles. The molecule has 0 bridgehead atoms. The first-order chi connectivity index (χ1) is 13.8. The van der Waals surface area contributed by atoms with E-state index in [2.05, 4.69) is 10.3 Å². The third-order valence-corrected chi connectivity index (χ3v) is 6.62. The monoisotopic (exact) mass is 427 g/mol. The Balaban J connectivity index is 1.62. The van der Waals surface area contributed by atoms with Crippen LogP contribution in [0.1, 0.15) is 33.4 Å². The topological polar surface area (TPSA) is 89.8 Å². The standard InChI is InChI=1S/C20H17N3O4S2/c1-10-11(2)28-18(21-12(3)24)17(10)19(26)27-9-13-8-16(25)23-14-6-4-5-7-15(14)29-20(23)22-13/h4-8H,9H2,1-3H3,(H,21,24). The number of fused-ring (bicyclic) bond motifs is 3. The molecule has 0 saturated heterocycles. The molecule has 1 aromatic carbocycles. The van der Waals surface area contributed by atoms with Gasteiger partial charge < -0.3 is 10.1 Å². The van der Waals surface area contributed by atoms with Gasteiger partial charge in [-0.25, -0.2) is 9.78 Å². The Morgan fingerprint density at radius 3 is 2.72 bits per heavy atom. The van der Waals surface area contributed by atoms with Gasteiger partial charge in [-0.3, -0.25) is 14.0 Å². The molecule has 0 spiro atoms. The number of ether oxygens (including phenoxy) is 1. The Morgan fingerprint density at radius 1 is 1.21 bits per heavy atom. The number of amides is 1. The van der Waals surface area contributed by atoms with Gasteiger partial charge in [-0.05, 0) is 31.5 Å². The van der Waals surface area contributed by atoms with E-state index in [-0.39, 0.29) is 18.1 Å². The fraction of sp³-hybridized carbons (Fsp3) is 0.200. The van der Waals surface area contributed by atoms with Crippen LogP contribution in [0.4, 0.5) is 5.00 Å². The number of para-hydroxylation sites is 1. The molecular weight excluding hydrogens is 410 g/mol. The lowest BCUT2D eigenvalue weighted by Crippen LogP contribution is -2.16. The van der Waals surface area contributed by atoms with Crippen molar-refractivity contribution < 1.29 is 14.3 Å². The fourth-order valence-corrected chi connectivity index (χ4v) is 5.17. The van der Waals surface area contributed by atoms with Crippen molar-refractivity contribution in [3.8, 4) is 0 Å². The summed E-state index contributed by atoms with van der Waals surface area (Å²) >= 11 is 2.73. The molecule has 3 heterocycles. The van der Waals surface area contributed by atoms with E-state index in [0.717, 1.165) is 20.7 Å². The molecule has 9 heteroatoms. The van der Waals surface area contributed by atoms with Crippen molar-refractivity contribution in [2.24, 2.45) is 0 Å². The molecule has 29 heavy (non-hydrogen) atoms. The number of rotatable bonds is 4. The first-order valence-corrected chi connectivity index (χ1v) is 10.4. The number of anilines is 1. The number of aryl methyl sites for hydroxylation is 1. The highest BCUT2D eigenvalue weighted by molar-refractivity contribution is 7.23. The molecule has 148 valence electrons. The lowest BCUT2D eigenvalue weighted by atomic mass is 10.1. The van der Waals surface area contributed by atoms with Crippen LogP contribution in [0.3, 0.4) is 0 Å². The number of nitrogens with zero attached hydrogens (tertiary/aromatic N) is 2. The van der Waals surface area contributed by atoms with Gasteiger partial charge in [-0.1, -0.05) is 23.5 Å². The van der Waals surface area contributed by atoms with Gasteiger partial charge in [-0.15, -0.1) is 11.3 Å². The van der Waals surface area contributed by atoms with Crippen molar-refractivity contribution in [1.82, 2.24) is 9.38 Å². The minimum Gasteiger partial charge on any atom is -0.455 e. The summed E-state index contributed by atoms with van der Waals surface area (Å²) in [6.45, 7) is 4.94. The van der Waals surface area contributed by atoms with E-state index >= 15 is 0 Å². The molecule has 0 aliphatic rings. The third-order valence-electron chi connectivity index (χ3n) is 4.48. The van der Waals surface area contributed by atoms with Gasteiger partial charge in [-0.2, -0.15) is 0 Å². The molecular formula is C20H17N3O4S2. The zero-order chi connectivity index (χ0) is 20.7. The summed E-state index contributed by atoms with van der Waals surface area (Å²) in [6, 6.07) is 8.95. The number of hydrogen-bond donors (Lipinski definition) is 1. The molecule has 4 aromatic rings. The van der Waals surface area contributed by atoms with Crippen LogP contribution in [0.2, 0.25) is 0 Å². The highest BCUT2D eigenvalue weighted by Crippen LogP contribution is 2.33. The fourth-order valence-electron chi connectivity index (χ4n) is 3.03. The van der Waals surface area contributed by atoms with E-state index in [1.807, 2.05) is 38.1 Å². The van der Waals surface area contributed by atoms with Crippen LogP contribution in [-0.2, 0) is 16.1 Å². The SMILES string of the molecule is CC(=O)Nc1sc(C)c(C)c1C(=O)OCc1cc(=O)n2c(n1)sc1ccccc12. The van der Waals surface area contributed by atoms with E-state index < -0.39 is 5.97 Å². The Hall–Kier alpha value is -3.04. The summed E-state index contributed by atoms with van der Waals surface area (Å²) in [7, 11) is 0. The molecule has 0 fully saturated rings. The molecule has 0 radical (unpaired) electrons. The quantitative estimate of drug-likeness (QED) is 0.499. The zero-order valence-corrected chi connectivity index (χ0v) is 17.6. The molecule has 0 aliphatic carbocycles. The van der Waals surface area contributed by atoms with Gasteiger partial charge in [0.1, 0.15) is 11.6 Å². The Labute approximate surface area is 173 Å². The first kappa shape index (κ1) is 19.3. The Morgan fingerprint density at radius 2 is 1.97 bits per heavy atom. The van der Waals surface area contributed by atoms with Crippen molar-refractivity contribution in [1.29, 1.82) is 0 Å². The maximum absolute atomic E-state index is 12.7. The van der Waals surface area contributed by atoms with Crippen LogP contribution in [0, 0.1) is 13.8 Å². The van der Waals surface area contributed by atoms with Crippen molar-refractivity contribution in [2.45, 2.75) is 27.4 Å². The van der Waals surface area contributed by atoms with Gasteiger partial charge >= 0.3 is 5.97 Å². The van der Waals surface area contributed by atoms with Crippen LogP contribution in [0.15, 0.2) is 35.1 Å². The average Bonchev–Trinajstić information content (AvgIpc) is 3.16. The number of hydrogen-bond acceptors (Lipinski definition) is 7. The largest absolute Gasteiger partial charge is 0.455 e. The van der Waals surface area contributed by atoms with Gasteiger partial charge in [0.15, 0.2) is 4.96 Å². The average molecular weight is 428 g/mol. The molecule has 1 amide bonds. The Kier molecular flexibility index (Phi) is 4.93. The number of thiophene rings is 1. The van der Waals surface area contributed by atoms with Gasteiger partial charge in [0.05, 0.1) is 21.5 Å². The number of nitrogens with one attached hydrogen (secondary N) is 1. The third kappa shape index (κ3) is 3.54. The van der Waals surface area contributed by atoms with Crippen molar-refractivity contribution in [3.05, 3.63) is 62.4 Å². The van der Waals surface area contributed by atoms with Crippen molar-refractivity contribution in [2.75, 3.05) is 5.32 Å². The lowest BCUT2D eigenvalue weighted by Gasteiger charge is -2.07. The van der Waals surface area contributed by atoms with E-state index in [1.54, 1.807) is 4.40 Å². The van der Waals surface area contributed by atoms with Gasteiger partial charge in [0, 0.05) is 17.9 Å². The van der Waals surface area contributed by atoms with E-state index in [1.165, 1.54) is 35.7 Å². The second-order valence-electron chi connectivity index (χ2n) is 6.52. The summed E-state index contributed by atoms with van der Waals surface area (Å²) < 4.78 is 7.92. The van der Waals surface area contributed by atoms with Gasteiger partial charge in [0.25, 0.3) is 5.56 Å². The van der Waals surface area contributed by atoms with E-state index in [4.69, 9.17) is 4.74 Å². The predicted octanol–water partition coefficient (Wildman–Crippen LogP) is 3.90. The van der Waals surface area contributed by atoms with Crippen molar-refractivity contribution in [3.63, 3.8) is 0 Å². The molecule has 1 N–H and O–H groups in total. The van der Waals surface area contributed by atoms with Crippen LogP contribution in [-0.4, -0.2) is 21.3 Å².